The SMILES string of the molecule is Cc1noc(C)c1C=NNC(=O)CC12CC3CC(CC(C3)C1)C2. The van der Waals surface area contributed by atoms with E-state index >= 15 is 0 Å². The second-order valence-corrected chi connectivity index (χ2v) is 8.13. The zero-order chi connectivity index (χ0) is 16.0. The Morgan fingerprint density at radius 1 is 1.26 bits per heavy atom. The Bertz CT molecular complexity index is 592. The molecule has 0 aromatic carbocycles. The summed E-state index contributed by atoms with van der Waals surface area (Å²) in [6.07, 6.45) is 10.2. The van der Waals surface area contributed by atoms with Crippen LogP contribution in [0.4, 0.5) is 0 Å². The third-order valence-corrected chi connectivity index (χ3v) is 6.17. The number of hydrazone groups is 1. The summed E-state index contributed by atoms with van der Waals surface area (Å²) in [7, 11) is 0. The number of rotatable bonds is 4. The Kier molecular flexibility index (Phi) is 3.54. The molecule has 4 saturated carbocycles. The summed E-state index contributed by atoms with van der Waals surface area (Å²) in [6.45, 7) is 3.72. The monoisotopic (exact) mass is 315 g/mol. The summed E-state index contributed by atoms with van der Waals surface area (Å²) in [5, 5.41) is 7.99. The van der Waals surface area contributed by atoms with Crippen LogP contribution in [0, 0.1) is 37.0 Å². The van der Waals surface area contributed by atoms with Crippen molar-refractivity contribution in [2.45, 2.75) is 58.8 Å². The number of carbonyl (C=O) groups excluding carboxylic acids is 1. The summed E-state index contributed by atoms with van der Waals surface area (Å²) >= 11 is 0. The first kappa shape index (κ1) is 14.9. The lowest BCUT2D eigenvalue weighted by Gasteiger charge is -2.56. The number of hydrogen-bond donors (Lipinski definition) is 1. The van der Waals surface area contributed by atoms with Crippen molar-refractivity contribution in [3.63, 3.8) is 0 Å². The maximum Gasteiger partial charge on any atom is 0.240 e. The van der Waals surface area contributed by atoms with Crippen molar-refractivity contribution in [2.75, 3.05) is 0 Å². The predicted octanol–water partition coefficient (Wildman–Crippen LogP) is 3.35. The third kappa shape index (κ3) is 2.81. The maximum absolute atomic E-state index is 12.4. The molecular weight excluding hydrogens is 290 g/mol. The molecule has 1 aromatic rings. The van der Waals surface area contributed by atoms with Gasteiger partial charge in [-0.2, -0.15) is 5.10 Å². The van der Waals surface area contributed by atoms with E-state index in [0.717, 1.165) is 34.8 Å². The molecule has 0 aliphatic heterocycles. The van der Waals surface area contributed by atoms with E-state index in [0.29, 0.717) is 6.42 Å². The molecule has 0 unspecified atom stereocenters. The number of nitrogens with one attached hydrogen (secondary N) is 1. The largest absolute Gasteiger partial charge is 0.361 e. The van der Waals surface area contributed by atoms with Crippen molar-refractivity contribution in [3.05, 3.63) is 17.0 Å². The van der Waals surface area contributed by atoms with Gasteiger partial charge < -0.3 is 4.52 Å². The van der Waals surface area contributed by atoms with Gasteiger partial charge in [0.15, 0.2) is 0 Å². The van der Waals surface area contributed by atoms with Gasteiger partial charge in [-0.1, -0.05) is 5.16 Å². The standard InChI is InChI=1S/C18H25N3O2/c1-11-16(12(2)23-21-11)10-19-20-17(22)9-18-6-13-3-14(7-18)5-15(4-13)8-18/h10,13-15H,3-9H2,1-2H3,(H,20,22). The summed E-state index contributed by atoms with van der Waals surface area (Å²) in [5.74, 6) is 3.40. The first-order valence-corrected chi connectivity index (χ1v) is 8.78. The van der Waals surface area contributed by atoms with Crippen LogP contribution in [0.1, 0.15) is 62.0 Å². The summed E-state index contributed by atoms with van der Waals surface area (Å²) in [6, 6.07) is 0. The predicted molar refractivity (Wildman–Crippen MR) is 86.9 cm³/mol. The first-order valence-electron chi connectivity index (χ1n) is 8.78. The highest BCUT2D eigenvalue weighted by Gasteiger charge is 2.51. The Morgan fingerprint density at radius 2 is 1.87 bits per heavy atom. The molecule has 5 heteroatoms. The molecule has 0 spiro atoms. The second-order valence-electron chi connectivity index (χ2n) is 8.13. The molecule has 1 heterocycles. The smallest absolute Gasteiger partial charge is 0.240 e. The Balaban J connectivity index is 1.37. The van der Waals surface area contributed by atoms with Gasteiger partial charge in [0.25, 0.3) is 0 Å². The molecule has 124 valence electrons. The van der Waals surface area contributed by atoms with Gasteiger partial charge in [-0.15, -0.1) is 0 Å². The van der Waals surface area contributed by atoms with Crippen LogP contribution >= 0.6 is 0 Å². The number of aromatic nitrogens is 1. The highest BCUT2D eigenvalue weighted by molar-refractivity contribution is 5.84. The lowest BCUT2D eigenvalue weighted by Crippen LogP contribution is -2.47. The number of nitrogens with zero attached hydrogens (tertiary/aromatic N) is 2. The first-order chi connectivity index (χ1) is 11.0. The molecule has 0 radical (unpaired) electrons. The fourth-order valence-corrected chi connectivity index (χ4v) is 5.73. The fraction of sp³-hybridized carbons (Fsp3) is 0.722. The normalized spacial score (nSPS) is 35.1. The van der Waals surface area contributed by atoms with Crippen molar-refractivity contribution < 1.29 is 9.32 Å². The average molecular weight is 315 g/mol. The molecule has 1 aromatic heterocycles. The zero-order valence-corrected chi connectivity index (χ0v) is 14.0. The highest BCUT2D eigenvalue weighted by atomic mass is 16.5. The topological polar surface area (TPSA) is 67.5 Å². The van der Waals surface area contributed by atoms with Crippen LogP contribution < -0.4 is 5.43 Å². The summed E-state index contributed by atoms with van der Waals surface area (Å²) in [5.41, 5.74) is 4.61. The Hall–Kier alpha value is -1.65. The van der Waals surface area contributed by atoms with Gasteiger partial charge in [-0.05, 0) is 75.5 Å². The Labute approximate surface area is 136 Å². The van der Waals surface area contributed by atoms with Gasteiger partial charge in [0.2, 0.25) is 5.91 Å². The molecule has 4 aliphatic carbocycles. The molecular formula is C18H25N3O2. The van der Waals surface area contributed by atoms with E-state index in [2.05, 4.69) is 15.7 Å². The third-order valence-electron chi connectivity index (χ3n) is 6.17. The van der Waals surface area contributed by atoms with E-state index in [9.17, 15) is 4.79 Å². The van der Waals surface area contributed by atoms with Gasteiger partial charge >= 0.3 is 0 Å². The summed E-state index contributed by atoms with van der Waals surface area (Å²) < 4.78 is 5.09. The van der Waals surface area contributed by atoms with Crippen LogP contribution in [0.3, 0.4) is 0 Å². The molecule has 5 nitrogen and oxygen atoms in total. The molecule has 0 saturated heterocycles. The van der Waals surface area contributed by atoms with Gasteiger partial charge in [0.1, 0.15) is 5.76 Å². The van der Waals surface area contributed by atoms with Crippen LogP contribution in [0.25, 0.3) is 0 Å². The highest BCUT2D eigenvalue weighted by Crippen LogP contribution is 2.61. The van der Waals surface area contributed by atoms with Crippen LogP contribution in [0.2, 0.25) is 0 Å². The van der Waals surface area contributed by atoms with Gasteiger partial charge in [0, 0.05) is 6.42 Å². The fourth-order valence-electron chi connectivity index (χ4n) is 5.73. The van der Waals surface area contributed by atoms with Crippen molar-refractivity contribution in [1.82, 2.24) is 10.6 Å². The number of hydrogen-bond acceptors (Lipinski definition) is 4. The lowest BCUT2D eigenvalue weighted by atomic mass is 9.49. The number of amides is 1. The van der Waals surface area contributed by atoms with Crippen molar-refractivity contribution in [1.29, 1.82) is 0 Å². The van der Waals surface area contributed by atoms with Crippen LogP contribution in [0.15, 0.2) is 9.62 Å². The number of aryl methyl sites for hydroxylation is 2. The van der Waals surface area contributed by atoms with E-state index < -0.39 is 0 Å². The average Bonchev–Trinajstić information content (AvgIpc) is 2.77. The van der Waals surface area contributed by atoms with E-state index in [1.165, 1.54) is 38.5 Å². The van der Waals surface area contributed by atoms with Crippen LogP contribution in [-0.4, -0.2) is 17.3 Å². The molecule has 5 rings (SSSR count). The van der Waals surface area contributed by atoms with Crippen LogP contribution in [-0.2, 0) is 4.79 Å². The maximum atomic E-state index is 12.4. The van der Waals surface area contributed by atoms with Crippen molar-refractivity contribution >= 4 is 12.1 Å². The molecule has 0 atom stereocenters. The van der Waals surface area contributed by atoms with Gasteiger partial charge in [0.05, 0.1) is 17.5 Å². The minimum absolute atomic E-state index is 0.0509. The van der Waals surface area contributed by atoms with E-state index in [4.69, 9.17) is 4.52 Å². The zero-order valence-electron chi connectivity index (χ0n) is 14.0. The molecule has 1 N–H and O–H groups in total. The van der Waals surface area contributed by atoms with E-state index in [1.54, 1.807) is 6.21 Å². The van der Waals surface area contributed by atoms with Crippen molar-refractivity contribution in [3.8, 4) is 0 Å². The van der Waals surface area contributed by atoms with Gasteiger partial charge in [-0.3, -0.25) is 4.79 Å². The van der Waals surface area contributed by atoms with E-state index in [-0.39, 0.29) is 11.3 Å². The molecule has 23 heavy (non-hydrogen) atoms. The summed E-state index contributed by atoms with van der Waals surface area (Å²) in [4.78, 5) is 12.4. The Morgan fingerprint density at radius 3 is 2.39 bits per heavy atom. The number of carbonyl (C=O) groups is 1. The molecule has 4 aliphatic rings. The van der Waals surface area contributed by atoms with Crippen molar-refractivity contribution in [2.24, 2.45) is 28.3 Å². The van der Waals surface area contributed by atoms with E-state index in [1.807, 2.05) is 13.8 Å². The van der Waals surface area contributed by atoms with Crippen LogP contribution in [0.5, 0.6) is 0 Å². The van der Waals surface area contributed by atoms with Gasteiger partial charge in [-0.25, -0.2) is 5.43 Å². The quantitative estimate of drug-likeness (QED) is 0.684. The molecule has 4 fully saturated rings. The minimum atomic E-state index is 0.0509. The lowest BCUT2D eigenvalue weighted by molar-refractivity contribution is -0.129. The minimum Gasteiger partial charge on any atom is -0.361 e. The molecule has 1 amide bonds. The second kappa shape index (κ2) is 5.46. The molecule has 4 bridgehead atoms.